The molecule has 2 aromatic carbocycles. The zero-order valence-corrected chi connectivity index (χ0v) is 13.2. The highest BCUT2D eigenvalue weighted by atomic mass is 79.9. The first-order valence-electron chi connectivity index (χ1n) is 5.92. The Hall–Kier alpha value is -1.52. The van der Waals surface area contributed by atoms with Crippen molar-refractivity contribution in [2.75, 3.05) is 7.11 Å². The number of ether oxygens (including phenoxy) is 1. The fraction of sp³-hybridized carbons (Fsp3) is 0.133. The van der Waals surface area contributed by atoms with Crippen LogP contribution in [0.15, 0.2) is 52.1 Å². The maximum Gasteiger partial charge on any atom is 0.145 e. The van der Waals surface area contributed by atoms with Crippen LogP contribution in [0.4, 0.5) is 0 Å². The minimum Gasteiger partial charge on any atom is -0.496 e. The molecule has 0 unspecified atom stereocenters. The Balaban J connectivity index is 1.95. The number of hydrogen-bond acceptors (Lipinski definition) is 3. The SMILES string of the molecule is COc1ccc(Br)cc1CO/N=C/c1ccc(Cl)cc1. The summed E-state index contributed by atoms with van der Waals surface area (Å²) in [5, 5.41) is 4.63. The minimum atomic E-state index is 0.340. The third-order valence-corrected chi connectivity index (χ3v) is 3.35. The van der Waals surface area contributed by atoms with Crippen molar-refractivity contribution in [3.8, 4) is 5.75 Å². The number of methoxy groups -OCH3 is 1. The van der Waals surface area contributed by atoms with Crippen LogP contribution in [0.3, 0.4) is 0 Å². The fourth-order valence-corrected chi connectivity index (χ4v) is 2.15. The van der Waals surface area contributed by atoms with Gasteiger partial charge in [0.25, 0.3) is 0 Å². The summed E-state index contributed by atoms with van der Waals surface area (Å²) in [5.74, 6) is 0.773. The second-order valence-electron chi connectivity index (χ2n) is 4.02. The van der Waals surface area contributed by atoms with E-state index in [2.05, 4.69) is 21.1 Å². The van der Waals surface area contributed by atoms with Crippen molar-refractivity contribution in [2.24, 2.45) is 5.16 Å². The van der Waals surface area contributed by atoms with Gasteiger partial charge in [-0.2, -0.15) is 0 Å². The maximum atomic E-state index is 5.81. The first-order chi connectivity index (χ1) is 9.69. The van der Waals surface area contributed by atoms with Crippen molar-refractivity contribution in [3.63, 3.8) is 0 Å². The number of rotatable bonds is 5. The van der Waals surface area contributed by atoms with Crippen molar-refractivity contribution in [1.29, 1.82) is 0 Å². The Labute approximate surface area is 131 Å². The van der Waals surface area contributed by atoms with Crippen LogP contribution >= 0.6 is 27.5 Å². The molecular formula is C15H13BrClNO2. The van der Waals surface area contributed by atoms with E-state index in [1.807, 2.05) is 30.3 Å². The van der Waals surface area contributed by atoms with Crippen LogP contribution in [0.1, 0.15) is 11.1 Å². The van der Waals surface area contributed by atoms with Crippen LogP contribution in [0.5, 0.6) is 5.75 Å². The molecule has 0 saturated heterocycles. The van der Waals surface area contributed by atoms with Crippen LogP contribution in [0.25, 0.3) is 0 Å². The highest BCUT2D eigenvalue weighted by molar-refractivity contribution is 9.10. The standard InChI is InChI=1S/C15H13BrClNO2/c1-19-15-7-4-13(16)8-12(15)10-20-18-9-11-2-5-14(17)6-3-11/h2-9H,10H2,1H3/b18-9+. The third-order valence-electron chi connectivity index (χ3n) is 2.61. The average Bonchev–Trinajstić information content (AvgIpc) is 2.46. The second-order valence-corrected chi connectivity index (χ2v) is 5.37. The van der Waals surface area contributed by atoms with Crippen molar-refractivity contribution < 1.29 is 9.57 Å². The van der Waals surface area contributed by atoms with E-state index >= 15 is 0 Å². The lowest BCUT2D eigenvalue weighted by Gasteiger charge is -2.07. The molecule has 0 aliphatic heterocycles. The Morgan fingerprint density at radius 2 is 1.95 bits per heavy atom. The number of benzene rings is 2. The van der Waals surface area contributed by atoms with Gasteiger partial charge in [0.15, 0.2) is 0 Å². The van der Waals surface area contributed by atoms with E-state index in [0.717, 1.165) is 21.3 Å². The lowest BCUT2D eigenvalue weighted by atomic mass is 10.2. The van der Waals surface area contributed by atoms with Crippen molar-refractivity contribution in [3.05, 3.63) is 63.1 Å². The largest absolute Gasteiger partial charge is 0.496 e. The molecule has 0 heterocycles. The summed E-state index contributed by atoms with van der Waals surface area (Å²) in [4.78, 5) is 5.29. The number of oxime groups is 1. The highest BCUT2D eigenvalue weighted by Crippen LogP contribution is 2.23. The molecule has 0 aliphatic rings. The summed E-state index contributed by atoms with van der Waals surface area (Å²) in [6, 6.07) is 13.1. The normalized spacial score (nSPS) is 10.8. The number of hydrogen-bond donors (Lipinski definition) is 0. The van der Waals surface area contributed by atoms with E-state index in [9.17, 15) is 0 Å². The molecule has 3 nitrogen and oxygen atoms in total. The molecule has 0 radical (unpaired) electrons. The van der Waals surface area contributed by atoms with Crippen LogP contribution in [-0.4, -0.2) is 13.3 Å². The maximum absolute atomic E-state index is 5.81. The van der Waals surface area contributed by atoms with Crippen molar-refractivity contribution in [1.82, 2.24) is 0 Å². The quantitative estimate of drug-likeness (QED) is 0.577. The van der Waals surface area contributed by atoms with Gasteiger partial charge >= 0.3 is 0 Å². The van der Waals surface area contributed by atoms with Crippen molar-refractivity contribution in [2.45, 2.75) is 6.61 Å². The monoisotopic (exact) mass is 353 g/mol. The summed E-state index contributed by atoms with van der Waals surface area (Å²) in [5.41, 5.74) is 1.85. The van der Waals surface area contributed by atoms with Crippen LogP contribution in [0.2, 0.25) is 5.02 Å². The summed E-state index contributed by atoms with van der Waals surface area (Å²) >= 11 is 9.22. The first kappa shape index (κ1) is 14.9. The molecule has 0 aliphatic carbocycles. The molecule has 0 atom stereocenters. The van der Waals surface area contributed by atoms with Gasteiger partial charge in [-0.3, -0.25) is 0 Å². The summed E-state index contributed by atoms with van der Waals surface area (Å²) < 4.78 is 6.23. The molecule has 0 aromatic heterocycles. The number of halogens is 2. The smallest absolute Gasteiger partial charge is 0.145 e. The molecular weight excluding hydrogens is 342 g/mol. The minimum absolute atomic E-state index is 0.340. The van der Waals surface area contributed by atoms with Gasteiger partial charge in [0.1, 0.15) is 12.4 Å². The van der Waals surface area contributed by atoms with E-state index in [0.29, 0.717) is 11.6 Å². The fourth-order valence-electron chi connectivity index (χ4n) is 1.61. The molecule has 104 valence electrons. The molecule has 0 amide bonds. The van der Waals surface area contributed by atoms with Gasteiger partial charge in [0.05, 0.1) is 13.3 Å². The molecule has 0 spiro atoms. The summed E-state index contributed by atoms with van der Waals surface area (Å²) in [6.45, 7) is 0.340. The zero-order chi connectivity index (χ0) is 14.4. The van der Waals surface area contributed by atoms with E-state index in [4.69, 9.17) is 21.2 Å². The molecule has 0 saturated carbocycles. The Bertz CT molecular complexity index is 599. The third kappa shape index (κ3) is 4.25. The highest BCUT2D eigenvalue weighted by Gasteiger charge is 2.03. The zero-order valence-electron chi connectivity index (χ0n) is 10.8. The average molecular weight is 355 g/mol. The van der Waals surface area contributed by atoms with Gasteiger partial charge in [-0.05, 0) is 35.9 Å². The lowest BCUT2D eigenvalue weighted by molar-refractivity contribution is 0.130. The summed E-state index contributed by atoms with van der Waals surface area (Å²) in [7, 11) is 1.63. The van der Waals surface area contributed by atoms with Crippen LogP contribution in [0, 0.1) is 0 Å². The molecule has 0 fully saturated rings. The molecule has 0 bridgehead atoms. The molecule has 0 N–H and O–H groups in total. The first-order valence-corrected chi connectivity index (χ1v) is 7.09. The van der Waals surface area contributed by atoms with Gasteiger partial charge in [0, 0.05) is 15.1 Å². The summed E-state index contributed by atoms with van der Waals surface area (Å²) in [6.07, 6.45) is 1.64. The second kappa shape index (κ2) is 7.31. The molecule has 2 rings (SSSR count). The van der Waals surface area contributed by atoms with Crippen LogP contribution in [-0.2, 0) is 11.4 Å². The van der Waals surface area contributed by atoms with Crippen molar-refractivity contribution >= 4 is 33.7 Å². The topological polar surface area (TPSA) is 30.8 Å². The lowest BCUT2D eigenvalue weighted by Crippen LogP contribution is -1.94. The predicted molar refractivity (Wildman–Crippen MR) is 84.5 cm³/mol. The predicted octanol–water partition coefficient (Wildman–Crippen LogP) is 4.66. The van der Waals surface area contributed by atoms with Gasteiger partial charge in [-0.1, -0.05) is 44.8 Å². The van der Waals surface area contributed by atoms with E-state index < -0.39 is 0 Å². The Kier molecular flexibility index (Phi) is 5.44. The van der Waals surface area contributed by atoms with Gasteiger partial charge in [-0.15, -0.1) is 0 Å². The van der Waals surface area contributed by atoms with Crippen LogP contribution < -0.4 is 4.74 Å². The Morgan fingerprint density at radius 1 is 1.20 bits per heavy atom. The van der Waals surface area contributed by atoms with E-state index in [1.165, 1.54) is 0 Å². The van der Waals surface area contributed by atoms with Gasteiger partial charge in [0.2, 0.25) is 0 Å². The molecule has 5 heteroatoms. The molecule has 2 aromatic rings. The van der Waals surface area contributed by atoms with Gasteiger partial charge in [-0.25, -0.2) is 0 Å². The van der Waals surface area contributed by atoms with E-state index in [-0.39, 0.29) is 0 Å². The Morgan fingerprint density at radius 3 is 2.65 bits per heavy atom. The van der Waals surface area contributed by atoms with E-state index in [1.54, 1.807) is 25.5 Å². The number of nitrogens with zero attached hydrogens (tertiary/aromatic N) is 1. The van der Waals surface area contributed by atoms with Gasteiger partial charge < -0.3 is 9.57 Å². The molecule has 20 heavy (non-hydrogen) atoms.